The zero-order valence-corrected chi connectivity index (χ0v) is 8.40. The van der Waals surface area contributed by atoms with Crippen LogP contribution in [0.3, 0.4) is 0 Å². The van der Waals surface area contributed by atoms with Crippen LogP contribution in [-0.2, 0) is 0 Å². The van der Waals surface area contributed by atoms with Crippen LogP contribution < -0.4 is 0 Å². The number of hydrogen-bond donors (Lipinski definition) is 0. The maximum absolute atomic E-state index is 4.38. The molecule has 0 saturated carbocycles. The fourth-order valence-electron chi connectivity index (χ4n) is 0.848. The Bertz CT molecular complexity index is 203. The molecule has 0 amide bonds. The average molecular weight is 169 g/mol. The molecule has 0 N–H and O–H groups in total. The molecule has 0 atom stereocenters. The fourth-order valence-corrected chi connectivity index (χ4v) is 1.71. The van der Waals surface area contributed by atoms with Crippen LogP contribution in [0.15, 0.2) is 6.07 Å². The summed E-state index contributed by atoms with van der Waals surface area (Å²) in [5.41, 5.74) is 1.23. The fraction of sp³-hybridized carbons (Fsp3) is 0.667. The molecule has 1 aromatic rings. The molecule has 2 heteroatoms. The van der Waals surface area contributed by atoms with E-state index in [4.69, 9.17) is 0 Å². The lowest BCUT2D eigenvalue weighted by atomic mass is 10.1. The summed E-state index contributed by atoms with van der Waals surface area (Å²) in [6.45, 7) is 8.77. The van der Waals surface area contributed by atoms with E-state index >= 15 is 0 Å². The smallest absolute Gasteiger partial charge is 0.0570 e. The lowest BCUT2D eigenvalue weighted by molar-refractivity contribution is 0.833. The zero-order valence-electron chi connectivity index (χ0n) is 7.59. The molecule has 0 aromatic carbocycles. The van der Waals surface area contributed by atoms with Gasteiger partial charge in [0.05, 0.1) is 5.69 Å². The van der Waals surface area contributed by atoms with Gasteiger partial charge in [-0.15, -0.1) is 0 Å². The second-order valence-electron chi connectivity index (χ2n) is 3.46. The van der Waals surface area contributed by atoms with Gasteiger partial charge in [-0.1, -0.05) is 27.7 Å². The summed E-state index contributed by atoms with van der Waals surface area (Å²) in [6, 6.07) is 2.22. The van der Waals surface area contributed by atoms with Crippen molar-refractivity contribution in [3.8, 4) is 0 Å². The molecule has 0 aliphatic rings. The van der Waals surface area contributed by atoms with Gasteiger partial charge >= 0.3 is 0 Å². The largest absolute Gasteiger partial charge is 0.197 e. The van der Waals surface area contributed by atoms with Crippen molar-refractivity contribution in [1.29, 1.82) is 0 Å². The second kappa shape index (κ2) is 3.35. The van der Waals surface area contributed by atoms with E-state index in [1.54, 1.807) is 11.5 Å². The molecule has 1 nitrogen and oxygen atoms in total. The van der Waals surface area contributed by atoms with Crippen molar-refractivity contribution >= 4 is 11.5 Å². The van der Waals surface area contributed by atoms with Gasteiger partial charge in [-0.3, -0.25) is 0 Å². The van der Waals surface area contributed by atoms with E-state index in [1.165, 1.54) is 10.6 Å². The van der Waals surface area contributed by atoms with E-state index in [1.807, 2.05) is 0 Å². The summed E-state index contributed by atoms with van der Waals surface area (Å²) in [4.78, 5) is 1.40. The number of nitrogens with zero attached hydrogens (tertiary/aromatic N) is 1. The minimum atomic E-state index is 0.568. The normalized spacial score (nSPS) is 11.5. The summed E-state index contributed by atoms with van der Waals surface area (Å²) in [5, 5.41) is 0. The van der Waals surface area contributed by atoms with Crippen molar-refractivity contribution in [3.63, 3.8) is 0 Å². The minimum absolute atomic E-state index is 0.568. The van der Waals surface area contributed by atoms with E-state index in [9.17, 15) is 0 Å². The first-order chi connectivity index (χ1) is 5.11. The Labute approximate surface area is 72.6 Å². The highest BCUT2D eigenvalue weighted by molar-refractivity contribution is 7.05. The maximum Gasteiger partial charge on any atom is 0.0570 e. The van der Waals surface area contributed by atoms with Gasteiger partial charge in [-0.2, -0.15) is 4.37 Å². The van der Waals surface area contributed by atoms with Crippen molar-refractivity contribution < 1.29 is 0 Å². The summed E-state index contributed by atoms with van der Waals surface area (Å²) in [5.74, 6) is 1.19. The third-order valence-electron chi connectivity index (χ3n) is 1.71. The van der Waals surface area contributed by atoms with Crippen LogP contribution in [0.5, 0.6) is 0 Å². The van der Waals surface area contributed by atoms with Gasteiger partial charge < -0.3 is 0 Å². The minimum Gasteiger partial charge on any atom is -0.197 e. The Kier molecular flexibility index (Phi) is 2.66. The number of rotatable bonds is 2. The van der Waals surface area contributed by atoms with Crippen LogP contribution in [0.25, 0.3) is 0 Å². The first-order valence-corrected chi connectivity index (χ1v) is 4.85. The molecule has 0 spiro atoms. The van der Waals surface area contributed by atoms with Crippen LogP contribution in [0.4, 0.5) is 0 Å². The molecule has 1 aromatic heterocycles. The van der Waals surface area contributed by atoms with Crippen molar-refractivity contribution in [2.45, 2.75) is 39.5 Å². The highest BCUT2D eigenvalue weighted by Crippen LogP contribution is 2.23. The standard InChI is InChI=1S/C9H15NS/c1-6(2)8-5-9(7(3)4)11-10-8/h5-7H,1-4H3. The molecule has 11 heavy (non-hydrogen) atoms. The topological polar surface area (TPSA) is 12.9 Å². The lowest BCUT2D eigenvalue weighted by Gasteiger charge is -1.97. The highest BCUT2D eigenvalue weighted by Gasteiger charge is 2.07. The zero-order chi connectivity index (χ0) is 8.43. The van der Waals surface area contributed by atoms with Crippen LogP contribution in [-0.4, -0.2) is 4.37 Å². The first kappa shape index (κ1) is 8.72. The van der Waals surface area contributed by atoms with Crippen LogP contribution >= 0.6 is 11.5 Å². The summed E-state index contributed by atoms with van der Waals surface area (Å²) >= 11 is 1.64. The molecular weight excluding hydrogens is 154 g/mol. The molecular formula is C9H15NS. The van der Waals surface area contributed by atoms with Crippen molar-refractivity contribution in [2.75, 3.05) is 0 Å². The van der Waals surface area contributed by atoms with Crippen LogP contribution in [0.2, 0.25) is 0 Å². The SMILES string of the molecule is CC(C)c1cc(C(C)C)sn1. The van der Waals surface area contributed by atoms with Gasteiger partial charge in [0.25, 0.3) is 0 Å². The monoisotopic (exact) mass is 169 g/mol. The molecule has 0 bridgehead atoms. The van der Waals surface area contributed by atoms with Crippen LogP contribution in [0, 0.1) is 0 Å². The Hall–Kier alpha value is -0.370. The van der Waals surface area contributed by atoms with Gasteiger partial charge in [0.2, 0.25) is 0 Å². The third-order valence-corrected chi connectivity index (χ3v) is 2.81. The molecule has 0 aliphatic carbocycles. The van der Waals surface area contributed by atoms with Crippen LogP contribution in [0.1, 0.15) is 50.1 Å². The van der Waals surface area contributed by atoms with Gasteiger partial charge in [-0.25, -0.2) is 0 Å². The average Bonchev–Trinajstić information content (AvgIpc) is 2.33. The van der Waals surface area contributed by atoms with Gasteiger partial charge in [0.1, 0.15) is 0 Å². The Morgan fingerprint density at radius 2 is 1.82 bits per heavy atom. The maximum atomic E-state index is 4.38. The molecule has 0 saturated heterocycles. The summed E-state index contributed by atoms with van der Waals surface area (Å²) in [7, 11) is 0. The molecule has 1 heterocycles. The van der Waals surface area contributed by atoms with Gasteiger partial charge in [0.15, 0.2) is 0 Å². The Balaban J connectivity index is 2.82. The Morgan fingerprint density at radius 3 is 2.09 bits per heavy atom. The van der Waals surface area contributed by atoms with Gasteiger partial charge in [0, 0.05) is 4.88 Å². The molecule has 0 fully saturated rings. The number of aromatic nitrogens is 1. The number of hydrogen-bond acceptors (Lipinski definition) is 2. The van der Waals surface area contributed by atoms with Crippen molar-refractivity contribution in [1.82, 2.24) is 4.37 Å². The quantitative estimate of drug-likeness (QED) is 0.661. The molecule has 0 radical (unpaired) electrons. The molecule has 0 aliphatic heterocycles. The second-order valence-corrected chi connectivity index (χ2v) is 4.30. The van der Waals surface area contributed by atoms with E-state index < -0.39 is 0 Å². The van der Waals surface area contributed by atoms with Gasteiger partial charge in [-0.05, 0) is 29.4 Å². The first-order valence-electron chi connectivity index (χ1n) is 4.07. The predicted octanol–water partition coefficient (Wildman–Crippen LogP) is 3.39. The van der Waals surface area contributed by atoms with E-state index in [0.29, 0.717) is 11.8 Å². The molecule has 0 unspecified atom stereocenters. The van der Waals surface area contributed by atoms with E-state index in [0.717, 1.165) is 0 Å². The highest BCUT2D eigenvalue weighted by atomic mass is 32.1. The van der Waals surface area contributed by atoms with E-state index in [2.05, 4.69) is 38.1 Å². The van der Waals surface area contributed by atoms with Crippen molar-refractivity contribution in [3.05, 3.63) is 16.6 Å². The third kappa shape index (κ3) is 2.03. The lowest BCUT2D eigenvalue weighted by Crippen LogP contribution is -1.85. The summed E-state index contributed by atoms with van der Waals surface area (Å²) < 4.78 is 4.38. The summed E-state index contributed by atoms with van der Waals surface area (Å²) in [6.07, 6.45) is 0. The Morgan fingerprint density at radius 1 is 1.18 bits per heavy atom. The molecule has 62 valence electrons. The van der Waals surface area contributed by atoms with Crippen molar-refractivity contribution in [2.24, 2.45) is 0 Å². The van der Waals surface area contributed by atoms with E-state index in [-0.39, 0.29) is 0 Å². The predicted molar refractivity (Wildman–Crippen MR) is 50.3 cm³/mol. The molecule has 1 rings (SSSR count).